The van der Waals surface area contributed by atoms with Gasteiger partial charge in [0.25, 0.3) is 0 Å². The van der Waals surface area contributed by atoms with Crippen LogP contribution < -0.4 is 0 Å². The fourth-order valence-corrected chi connectivity index (χ4v) is 2.33. The van der Waals surface area contributed by atoms with Crippen molar-refractivity contribution < 1.29 is 0 Å². The van der Waals surface area contributed by atoms with Crippen molar-refractivity contribution in [3.05, 3.63) is 0 Å². The highest BCUT2D eigenvalue weighted by molar-refractivity contribution is 7.99. The maximum absolute atomic E-state index is 4.34. The van der Waals surface area contributed by atoms with E-state index < -0.39 is 0 Å². The summed E-state index contributed by atoms with van der Waals surface area (Å²) < 4.78 is 0.258. The summed E-state index contributed by atoms with van der Waals surface area (Å²) in [5, 5.41) is 0. The van der Waals surface area contributed by atoms with Crippen molar-refractivity contribution in [2.24, 2.45) is 5.41 Å². The van der Waals surface area contributed by atoms with Crippen LogP contribution in [-0.4, -0.2) is 4.58 Å². The van der Waals surface area contributed by atoms with Crippen LogP contribution >= 0.6 is 25.3 Å². The lowest BCUT2D eigenvalue weighted by atomic mass is 9.74. The summed E-state index contributed by atoms with van der Waals surface area (Å²) in [6.45, 7) is 6.92. The van der Waals surface area contributed by atoms with E-state index in [-0.39, 0.29) is 4.58 Å². The highest BCUT2D eigenvalue weighted by Gasteiger charge is 2.25. The van der Waals surface area contributed by atoms with Crippen molar-refractivity contribution in [2.75, 3.05) is 0 Å². The number of hydrogen-bond donors (Lipinski definition) is 2. The first kappa shape index (κ1) is 14.7. The molecule has 0 unspecified atom stereocenters. The van der Waals surface area contributed by atoms with E-state index >= 15 is 0 Å². The van der Waals surface area contributed by atoms with Crippen LogP contribution in [-0.2, 0) is 0 Å². The Morgan fingerprint density at radius 2 is 1.57 bits per heavy atom. The molecule has 0 aromatic heterocycles. The van der Waals surface area contributed by atoms with Crippen molar-refractivity contribution in [1.29, 1.82) is 0 Å². The molecular weight excluding hydrogens is 208 g/mol. The minimum atomic E-state index is 0.258. The van der Waals surface area contributed by atoms with E-state index in [1.165, 1.54) is 38.5 Å². The van der Waals surface area contributed by atoms with Gasteiger partial charge in [-0.2, -0.15) is 25.3 Å². The molecule has 0 amide bonds. The van der Waals surface area contributed by atoms with Crippen LogP contribution in [0.1, 0.15) is 65.7 Å². The second kappa shape index (κ2) is 7.92. The first-order valence-electron chi connectivity index (χ1n) is 5.96. The maximum atomic E-state index is 4.34. The lowest BCUT2D eigenvalue weighted by molar-refractivity contribution is 0.209. The van der Waals surface area contributed by atoms with Crippen LogP contribution in [0.3, 0.4) is 0 Å². The predicted octanol–water partition coefficient (Wildman–Crippen LogP) is 4.95. The molecule has 0 spiro atoms. The van der Waals surface area contributed by atoms with Gasteiger partial charge in [0.05, 0.1) is 0 Å². The van der Waals surface area contributed by atoms with Crippen molar-refractivity contribution in [3.8, 4) is 0 Å². The van der Waals surface area contributed by atoms with Gasteiger partial charge in [0.1, 0.15) is 0 Å². The van der Waals surface area contributed by atoms with Gasteiger partial charge in [-0.25, -0.2) is 0 Å². The van der Waals surface area contributed by atoms with Crippen molar-refractivity contribution in [3.63, 3.8) is 0 Å². The highest BCUT2D eigenvalue weighted by Crippen LogP contribution is 2.38. The molecule has 0 aliphatic rings. The van der Waals surface area contributed by atoms with Gasteiger partial charge in [0.2, 0.25) is 0 Å². The molecule has 0 aromatic carbocycles. The van der Waals surface area contributed by atoms with Crippen LogP contribution in [0.5, 0.6) is 0 Å². The zero-order chi connectivity index (χ0) is 11.0. The van der Waals surface area contributed by atoms with E-state index in [2.05, 4.69) is 46.0 Å². The predicted molar refractivity (Wildman–Crippen MR) is 73.5 cm³/mol. The van der Waals surface area contributed by atoms with Crippen LogP contribution in [0.2, 0.25) is 0 Å². The summed E-state index contributed by atoms with van der Waals surface area (Å²) in [5.41, 5.74) is 0.569. The van der Waals surface area contributed by atoms with E-state index in [1.807, 2.05) is 0 Å². The van der Waals surface area contributed by atoms with Gasteiger partial charge in [0, 0.05) is 4.58 Å². The van der Waals surface area contributed by atoms with Gasteiger partial charge in [-0.1, -0.05) is 46.5 Å². The minimum Gasteiger partial charge on any atom is -0.165 e. The van der Waals surface area contributed by atoms with E-state index in [4.69, 9.17) is 0 Å². The number of rotatable bonds is 8. The Hall–Kier alpha value is 0.700. The Bertz CT molecular complexity index is 128. The molecular formula is C12H26S2. The topological polar surface area (TPSA) is 0 Å². The van der Waals surface area contributed by atoms with Gasteiger partial charge in [-0.15, -0.1) is 0 Å². The summed E-state index contributed by atoms with van der Waals surface area (Å²) in [6.07, 6.45) is 9.09. The van der Waals surface area contributed by atoms with E-state index in [1.54, 1.807) is 0 Å². The number of hydrogen-bond acceptors (Lipinski definition) is 2. The number of thiol groups is 2. The molecule has 14 heavy (non-hydrogen) atoms. The molecule has 2 heteroatoms. The lowest BCUT2D eigenvalue weighted by Crippen LogP contribution is -2.19. The lowest BCUT2D eigenvalue weighted by Gasteiger charge is -2.32. The Kier molecular flexibility index (Phi) is 8.32. The SMILES string of the molecule is CCCCC(CC)(CC)CCC(S)S. The third kappa shape index (κ3) is 5.55. The average molecular weight is 234 g/mol. The largest absolute Gasteiger partial charge is 0.165 e. The Labute approximate surface area is 101 Å². The maximum Gasteiger partial charge on any atom is 0.0442 e. The molecule has 0 heterocycles. The minimum absolute atomic E-state index is 0.258. The van der Waals surface area contributed by atoms with E-state index in [0.717, 1.165) is 6.42 Å². The van der Waals surface area contributed by atoms with Crippen molar-refractivity contribution >= 4 is 25.3 Å². The molecule has 0 aliphatic carbocycles. The highest BCUT2D eigenvalue weighted by atomic mass is 32.2. The zero-order valence-electron chi connectivity index (χ0n) is 9.92. The standard InChI is InChI=1S/C12H26S2/c1-4-7-9-12(5-2,6-3)10-8-11(13)14/h11,13-14H,4-10H2,1-3H3. The molecule has 0 N–H and O–H groups in total. The fraction of sp³-hybridized carbons (Fsp3) is 1.00. The normalized spacial score (nSPS) is 12.4. The van der Waals surface area contributed by atoms with Crippen LogP contribution in [0.25, 0.3) is 0 Å². The molecule has 0 aliphatic heterocycles. The molecule has 0 aromatic rings. The first-order chi connectivity index (χ1) is 6.60. The molecule has 0 saturated carbocycles. The molecule has 0 atom stereocenters. The van der Waals surface area contributed by atoms with Crippen molar-refractivity contribution in [1.82, 2.24) is 0 Å². The molecule has 0 radical (unpaired) electrons. The second-order valence-corrected chi connectivity index (χ2v) is 5.98. The molecule has 0 nitrogen and oxygen atoms in total. The molecule has 0 fully saturated rings. The van der Waals surface area contributed by atoms with Gasteiger partial charge in [-0.3, -0.25) is 0 Å². The first-order valence-corrected chi connectivity index (χ1v) is 6.99. The van der Waals surface area contributed by atoms with Crippen molar-refractivity contribution in [2.45, 2.75) is 70.3 Å². The monoisotopic (exact) mass is 234 g/mol. The van der Waals surface area contributed by atoms with Gasteiger partial charge in [-0.05, 0) is 24.7 Å². The summed E-state index contributed by atoms with van der Waals surface area (Å²) in [6, 6.07) is 0. The van der Waals surface area contributed by atoms with E-state index in [0.29, 0.717) is 5.41 Å². The molecule has 0 bridgehead atoms. The Morgan fingerprint density at radius 3 is 1.93 bits per heavy atom. The smallest absolute Gasteiger partial charge is 0.0442 e. The van der Waals surface area contributed by atoms with Gasteiger partial charge in [0.15, 0.2) is 0 Å². The summed E-state index contributed by atoms with van der Waals surface area (Å²) in [5.74, 6) is 0. The quantitative estimate of drug-likeness (QED) is 0.431. The Balaban J connectivity index is 4.07. The summed E-state index contributed by atoms with van der Waals surface area (Å²) >= 11 is 8.69. The third-order valence-electron chi connectivity index (χ3n) is 3.49. The zero-order valence-corrected chi connectivity index (χ0v) is 11.7. The Morgan fingerprint density at radius 1 is 1.00 bits per heavy atom. The third-order valence-corrected chi connectivity index (χ3v) is 4.01. The summed E-state index contributed by atoms with van der Waals surface area (Å²) in [4.78, 5) is 0. The van der Waals surface area contributed by atoms with Crippen LogP contribution in [0, 0.1) is 5.41 Å². The van der Waals surface area contributed by atoms with Crippen LogP contribution in [0.4, 0.5) is 0 Å². The van der Waals surface area contributed by atoms with E-state index in [9.17, 15) is 0 Å². The number of unbranched alkanes of at least 4 members (excludes halogenated alkanes) is 1. The summed E-state index contributed by atoms with van der Waals surface area (Å²) in [7, 11) is 0. The fourth-order valence-electron chi connectivity index (χ4n) is 2.07. The second-order valence-electron chi connectivity index (χ2n) is 4.33. The van der Waals surface area contributed by atoms with Crippen LogP contribution in [0.15, 0.2) is 0 Å². The molecule has 0 saturated heterocycles. The molecule has 86 valence electrons. The molecule has 0 rings (SSSR count). The van der Waals surface area contributed by atoms with Gasteiger partial charge < -0.3 is 0 Å². The average Bonchev–Trinajstić information content (AvgIpc) is 2.19. The van der Waals surface area contributed by atoms with Gasteiger partial charge >= 0.3 is 0 Å².